The van der Waals surface area contributed by atoms with Crippen LogP contribution in [-0.2, 0) is 20.9 Å². The Morgan fingerprint density at radius 1 is 1.13 bits per heavy atom. The van der Waals surface area contributed by atoms with E-state index in [1.165, 1.54) is 4.57 Å². The van der Waals surface area contributed by atoms with E-state index in [-0.39, 0.29) is 12.3 Å². The van der Waals surface area contributed by atoms with Crippen LogP contribution in [0.5, 0.6) is 0 Å². The topological polar surface area (TPSA) is 90.5 Å². The van der Waals surface area contributed by atoms with Gasteiger partial charge in [-0.1, -0.05) is 29.8 Å². The van der Waals surface area contributed by atoms with Crippen LogP contribution < -0.4 is 11.1 Å². The summed E-state index contributed by atoms with van der Waals surface area (Å²) in [6.07, 6.45) is -0.436. The number of hydrogen-bond acceptors (Lipinski definition) is 5. The lowest BCUT2D eigenvalue weighted by Gasteiger charge is -2.17. The summed E-state index contributed by atoms with van der Waals surface area (Å²) in [4.78, 5) is 36.6. The van der Waals surface area contributed by atoms with Crippen molar-refractivity contribution in [2.75, 3.05) is 5.32 Å². The largest absolute Gasteiger partial charge is 0.453 e. The van der Waals surface area contributed by atoms with Crippen LogP contribution >= 0.6 is 0 Å². The van der Waals surface area contributed by atoms with Crippen molar-refractivity contribution in [3.8, 4) is 0 Å². The fourth-order valence-corrected chi connectivity index (χ4v) is 3.52. The highest BCUT2D eigenvalue weighted by Gasteiger charge is 2.19. The number of nitrogens with one attached hydrogen (secondary N) is 1. The standard InChI is InChI=1S/C23H26N2O5/c1-14-12-15(2)21(16(3)13-14)24-22(27)17(4)29-20(26)10-7-11-25-18-8-5-6-9-19(18)30-23(25)28/h5-6,8-9,12-13,17H,7,10-11H2,1-4H3,(H,24,27)/t17-/m0/s1. The van der Waals surface area contributed by atoms with Crippen molar-refractivity contribution in [3.05, 3.63) is 63.6 Å². The van der Waals surface area contributed by atoms with Crippen molar-refractivity contribution in [1.29, 1.82) is 0 Å². The zero-order chi connectivity index (χ0) is 21.8. The highest BCUT2D eigenvalue weighted by molar-refractivity contribution is 5.96. The van der Waals surface area contributed by atoms with Crippen molar-refractivity contribution < 1.29 is 18.7 Å². The van der Waals surface area contributed by atoms with Gasteiger partial charge in [0.1, 0.15) is 0 Å². The molecule has 0 fully saturated rings. The van der Waals surface area contributed by atoms with Gasteiger partial charge >= 0.3 is 11.7 Å². The molecule has 0 unspecified atom stereocenters. The SMILES string of the molecule is Cc1cc(C)c(NC(=O)[C@H](C)OC(=O)CCCn2c(=O)oc3ccccc32)c(C)c1. The third-order valence-electron chi connectivity index (χ3n) is 4.94. The van der Waals surface area contributed by atoms with Gasteiger partial charge in [-0.3, -0.25) is 14.2 Å². The number of aromatic nitrogens is 1. The van der Waals surface area contributed by atoms with Gasteiger partial charge in [0.2, 0.25) is 0 Å². The Kier molecular flexibility index (Phi) is 6.40. The number of hydrogen-bond donors (Lipinski definition) is 1. The summed E-state index contributed by atoms with van der Waals surface area (Å²) in [7, 11) is 0. The lowest BCUT2D eigenvalue weighted by molar-refractivity contribution is -0.153. The predicted octanol–water partition coefficient (Wildman–Crippen LogP) is 3.87. The maximum absolute atomic E-state index is 12.4. The first-order valence-corrected chi connectivity index (χ1v) is 9.93. The molecule has 0 saturated carbocycles. The molecule has 0 spiro atoms. The number of ether oxygens (including phenoxy) is 1. The number of carbonyl (C=O) groups excluding carboxylic acids is 2. The summed E-state index contributed by atoms with van der Waals surface area (Å²) < 4.78 is 11.9. The molecule has 0 aliphatic carbocycles. The number of esters is 1. The maximum Gasteiger partial charge on any atom is 0.419 e. The van der Waals surface area contributed by atoms with Gasteiger partial charge in [-0.25, -0.2) is 4.79 Å². The zero-order valence-electron chi connectivity index (χ0n) is 17.7. The van der Waals surface area contributed by atoms with Crippen molar-refractivity contribution in [1.82, 2.24) is 4.57 Å². The molecule has 3 rings (SSSR count). The van der Waals surface area contributed by atoms with Crippen molar-refractivity contribution in [2.45, 2.75) is 53.2 Å². The van der Waals surface area contributed by atoms with E-state index in [9.17, 15) is 14.4 Å². The molecule has 1 heterocycles. The third kappa shape index (κ3) is 4.79. The summed E-state index contributed by atoms with van der Waals surface area (Å²) in [6, 6.07) is 11.1. The number of oxazole rings is 1. The van der Waals surface area contributed by atoms with E-state index in [4.69, 9.17) is 9.15 Å². The molecule has 30 heavy (non-hydrogen) atoms. The van der Waals surface area contributed by atoms with Gasteiger partial charge in [-0.05, 0) is 57.4 Å². The second-order valence-electron chi connectivity index (χ2n) is 7.49. The average Bonchev–Trinajstić information content (AvgIpc) is 2.99. The number of amides is 1. The molecule has 7 heteroatoms. The van der Waals surface area contributed by atoms with Gasteiger partial charge in [-0.2, -0.15) is 0 Å². The Labute approximate surface area is 174 Å². The van der Waals surface area contributed by atoms with Gasteiger partial charge in [-0.15, -0.1) is 0 Å². The van der Waals surface area contributed by atoms with Gasteiger partial charge in [0.25, 0.3) is 5.91 Å². The molecule has 1 aromatic heterocycles. The van der Waals surface area contributed by atoms with E-state index in [1.54, 1.807) is 25.1 Å². The number of fused-ring (bicyclic) bond motifs is 1. The molecule has 1 N–H and O–H groups in total. The van der Waals surface area contributed by atoms with Crippen molar-refractivity contribution in [3.63, 3.8) is 0 Å². The van der Waals surface area contributed by atoms with Gasteiger partial charge < -0.3 is 14.5 Å². The van der Waals surface area contributed by atoms with Crippen LogP contribution in [0.1, 0.15) is 36.5 Å². The first kappa shape index (κ1) is 21.4. The maximum atomic E-state index is 12.4. The average molecular weight is 410 g/mol. The number of carbonyl (C=O) groups is 2. The smallest absolute Gasteiger partial charge is 0.419 e. The summed E-state index contributed by atoms with van der Waals surface area (Å²) in [5.41, 5.74) is 4.96. The van der Waals surface area contributed by atoms with Gasteiger partial charge in [0.15, 0.2) is 11.7 Å². The minimum Gasteiger partial charge on any atom is -0.453 e. The molecule has 0 bridgehead atoms. The van der Waals surface area contributed by atoms with Crippen LogP contribution in [-0.4, -0.2) is 22.5 Å². The number of nitrogens with zero attached hydrogens (tertiary/aromatic N) is 1. The summed E-state index contributed by atoms with van der Waals surface area (Å²) in [6.45, 7) is 7.71. The second-order valence-corrected chi connectivity index (χ2v) is 7.49. The number of aryl methyl sites for hydroxylation is 4. The first-order valence-electron chi connectivity index (χ1n) is 9.93. The molecule has 0 aliphatic rings. The van der Waals surface area contributed by atoms with Crippen LogP contribution in [0.3, 0.4) is 0 Å². The molecule has 1 atom stereocenters. The van der Waals surface area contributed by atoms with Crippen LogP contribution in [0.4, 0.5) is 5.69 Å². The molecule has 0 saturated heterocycles. The number of benzene rings is 2. The van der Waals surface area contributed by atoms with Crippen LogP contribution in [0.15, 0.2) is 45.6 Å². The van der Waals surface area contributed by atoms with E-state index in [1.807, 2.05) is 39.0 Å². The molecule has 0 aliphatic heterocycles. The van der Waals surface area contributed by atoms with Gasteiger partial charge in [0, 0.05) is 18.7 Å². The zero-order valence-corrected chi connectivity index (χ0v) is 17.7. The first-order chi connectivity index (χ1) is 14.3. The van der Waals surface area contributed by atoms with Crippen LogP contribution in [0, 0.1) is 20.8 Å². The van der Waals surface area contributed by atoms with E-state index in [2.05, 4.69) is 5.32 Å². The lowest BCUT2D eigenvalue weighted by atomic mass is 10.0. The number of para-hydroxylation sites is 2. The Morgan fingerprint density at radius 3 is 2.50 bits per heavy atom. The fourth-order valence-electron chi connectivity index (χ4n) is 3.52. The third-order valence-corrected chi connectivity index (χ3v) is 4.94. The molecule has 3 aromatic rings. The molecule has 158 valence electrons. The highest BCUT2D eigenvalue weighted by atomic mass is 16.5. The van der Waals surface area contributed by atoms with E-state index >= 15 is 0 Å². The minimum absolute atomic E-state index is 0.0894. The molecule has 2 aromatic carbocycles. The monoisotopic (exact) mass is 410 g/mol. The quantitative estimate of drug-likeness (QED) is 0.597. The number of anilines is 1. The van der Waals surface area contributed by atoms with Crippen molar-refractivity contribution >= 4 is 28.7 Å². The normalized spacial score (nSPS) is 12.0. The Balaban J connectivity index is 1.52. The molecular weight excluding hydrogens is 384 g/mol. The highest BCUT2D eigenvalue weighted by Crippen LogP contribution is 2.22. The number of rotatable bonds is 7. The van der Waals surface area contributed by atoms with Crippen LogP contribution in [0.25, 0.3) is 11.1 Å². The van der Waals surface area contributed by atoms with Gasteiger partial charge in [0.05, 0.1) is 5.52 Å². The minimum atomic E-state index is -0.921. The Bertz CT molecular complexity index is 1120. The molecule has 1 amide bonds. The Morgan fingerprint density at radius 2 is 1.80 bits per heavy atom. The Hall–Kier alpha value is -3.35. The van der Waals surface area contributed by atoms with Crippen LogP contribution in [0.2, 0.25) is 0 Å². The molecule has 0 radical (unpaired) electrons. The molecular formula is C23H26N2O5. The summed E-state index contributed by atoms with van der Waals surface area (Å²) in [5, 5.41) is 2.84. The second kappa shape index (κ2) is 8.98. The molecule has 7 nitrogen and oxygen atoms in total. The summed E-state index contributed by atoms with van der Waals surface area (Å²) >= 11 is 0. The predicted molar refractivity (Wildman–Crippen MR) is 115 cm³/mol. The van der Waals surface area contributed by atoms with Crippen molar-refractivity contribution in [2.24, 2.45) is 0 Å². The van der Waals surface area contributed by atoms with E-state index in [0.29, 0.717) is 24.1 Å². The van der Waals surface area contributed by atoms with E-state index < -0.39 is 17.8 Å². The van der Waals surface area contributed by atoms with E-state index in [0.717, 1.165) is 22.4 Å². The fraction of sp³-hybridized carbons (Fsp3) is 0.348. The summed E-state index contributed by atoms with van der Waals surface area (Å²) in [5.74, 6) is -1.33. The lowest BCUT2D eigenvalue weighted by Crippen LogP contribution is -2.30.